The average molecular weight is 214 g/mol. The maximum Gasteiger partial charge on any atom is 0.322 e. The second-order valence-electron chi connectivity index (χ2n) is 3.49. The summed E-state index contributed by atoms with van der Waals surface area (Å²) in [5.41, 5.74) is 0.392. The molecule has 1 atom stereocenters. The minimum Gasteiger partial charge on any atom is -0.480 e. The SMILES string of the molecule is C=C(C(=O)NCC(=O)O)C(CC)N(C)C. The number of hydrogen-bond donors (Lipinski definition) is 2. The number of aliphatic carboxylic acids is 1. The van der Waals surface area contributed by atoms with Crippen LogP contribution in [-0.4, -0.2) is 48.6 Å². The van der Waals surface area contributed by atoms with Crippen LogP contribution in [0.1, 0.15) is 13.3 Å². The van der Waals surface area contributed by atoms with Crippen molar-refractivity contribution < 1.29 is 14.7 Å². The van der Waals surface area contributed by atoms with E-state index in [9.17, 15) is 9.59 Å². The summed E-state index contributed by atoms with van der Waals surface area (Å²) in [5, 5.41) is 10.7. The molecule has 0 saturated heterocycles. The van der Waals surface area contributed by atoms with E-state index >= 15 is 0 Å². The molecular formula is C10H18N2O3. The minimum atomic E-state index is -1.06. The predicted molar refractivity (Wildman–Crippen MR) is 57.6 cm³/mol. The van der Waals surface area contributed by atoms with E-state index in [1.54, 1.807) is 0 Å². The van der Waals surface area contributed by atoms with Gasteiger partial charge in [0.2, 0.25) is 5.91 Å². The number of carbonyl (C=O) groups is 2. The van der Waals surface area contributed by atoms with Crippen LogP contribution in [0.5, 0.6) is 0 Å². The first kappa shape index (κ1) is 13.6. The fourth-order valence-electron chi connectivity index (χ4n) is 1.34. The van der Waals surface area contributed by atoms with Gasteiger partial charge in [-0.1, -0.05) is 13.5 Å². The Balaban J connectivity index is 4.29. The van der Waals surface area contributed by atoms with E-state index in [-0.39, 0.29) is 12.6 Å². The highest BCUT2D eigenvalue weighted by Gasteiger charge is 2.19. The Morgan fingerprint density at radius 3 is 2.33 bits per heavy atom. The van der Waals surface area contributed by atoms with E-state index < -0.39 is 11.9 Å². The molecule has 2 N–H and O–H groups in total. The summed E-state index contributed by atoms with van der Waals surface area (Å²) >= 11 is 0. The molecule has 86 valence electrons. The Morgan fingerprint density at radius 1 is 1.47 bits per heavy atom. The van der Waals surface area contributed by atoms with Gasteiger partial charge in [-0.3, -0.25) is 9.59 Å². The molecule has 0 spiro atoms. The Kier molecular flexibility index (Phi) is 5.62. The molecule has 0 rings (SSSR count). The highest BCUT2D eigenvalue weighted by atomic mass is 16.4. The van der Waals surface area contributed by atoms with Crippen molar-refractivity contribution in [2.45, 2.75) is 19.4 Å². The third kappa shape index (κ3) is 4.60. The highest BCUT2D eigenvalue weighted by Crippen LogP contribution is 2.09. The largest absolute Gasteiger partial charge is 0.480 e. The highest BCUT2D eigenvalue weighted by molar-refractivity contribution is 5.95. The predicted octanol–water partition coefficient (Wildman–Crippen LogP) is 0.0836. The van der Waals surface area contributed by atoms with Gasteiger partial charge in [0.05, 0.1) is 0 Å². The van der Waals surface area contributed by atoms with Gasteiger partial charge in [-0.2, -0.15) is 0 Å². The lowest BCUT2D eigenvalue weighted by molar-refractivity contribution is -0.137. The Labute approximate surface area is 89.8 Å². The van der Waals surface area contributed by atoms with Gasteiger partial charge in [-0.05, 0) is 20.5 Å². The number of amides is 1. The molecule has 0 heterocycles. The van der Waals surface area contributed by atoms with Gasteiger partial charge >= 0.3 is 5.97 Å². The van der Waals surface area contributed by atoms with Crippen molar-refractivity contribution in [1.29, 1.82) is 0 Å². The quantitative estimate of drug-likeness (QED) is 0.614. The van der Waals surface area contributed by atoms with E-state index in [2.05, 4.69) is 11.9 Å². The Morgan fingerprint density at radius 2 is 2.00 bits per heavy atom. The summed E-state index contributed by atoms with van der Waals surface area (Å²) < 4.78 is 0. The molecule has 0 fully saturated rings. The second-order valence-corrected chi connectivity index (χ2v) is 3.49. The molecule has 1 amide bonds. The van der Waals surface area contributed by atoms with Gasteiger partial charge in [-0.25, -0.2) is 0 Å². The van der Waals surface area contributed by atoms with E-state index in [1.807, 2.05) is 25.9 Å². The normalized spacial score (nSPS) is 12.3. The zero-order valence-corrected chi connectivity index (χ0v) is 9.41. The van der Waals surface area contributed by atoms with Gasteiger partial charge in [0, 0.05) is 11.6 Å². The van der Waals surface area contributed by atoms with Gasteiger partial charge in [0.1, 0.15) is 6.54 Å². The average Bonchev–Trinajstić information content (AvgIpc) is 2.14. The molecule has 5 heteroatoms. The molecule has 5 nitrogen and oxygen atoms in total. The van der Waals surface area contributed by atoms with Crippen molar-refractivity contribution >= 4 is 11.9 Å². The van der Waals surface area contributed by atoms with Crippen LogP contribution in [0.2, 0.25) is 0 Å². The van der Waals surface area contributed by atoms with E-state index in [0.717, 1.165) is 6.42 Å². The molecule has 1 unspecified atom stereocenters. The number of nitrogens with one attached hydrogen (secondary N) is 1. The topological polar surface area (TPSA) is 69.6 Å². The third-order valence-electron chi connectivity index (χ3n) is 2.10. The van der Waals surface area contributed by atoms with Crippen molar-refractivity contribution in [2.75, 3.05) is 20.6 Å². The lowest BCUT2D eigenvalue weighted by Crippen LogP contribution is -2.38. The smallest absolute Gasteiger partial charge is 0.322 e. The van der Waals surface area contributed by atoms with Crippen molar-refractivity contribution in [2.24, 2.45) is 0 Å². The first-order valence-electron chi connectivity index (χ1n) is 4.75. The molecule has 0 aromatic carbocycles. The zero-order chi connectivity index (χ0) is 12.0. The molecule has 0 radical (unpaired) electrons. The van der Waals surface area contributed by atoms with Crippen LogP contribution in [0.25, 0.3) is 0 Å². The lowest BCUT2D eigenvalue weighted by Gasteiger charge is -2.24. The number of nitrogens with zero attached hydrogens (tertiary/aromatic N) is 1. The maximum absolute atomic E-state index is 11.5. The first-order valence-corrected chi connectivity index (χ1v) is 4.75. The summed E-state index contributed by atoms with van der Waals surface area (Å²) in [7, 11) is 3.70. The fraction of sp³-hybridized carbons (Fsp3) is 0.600. The monoisotopic (exact) mass is 214 g/mol. The molecular weight excluding hydrogens is 196 g/mol. The first-order chi connectivity index (χ1) is 6.90. The number of carbonyl (C=O) groups excluding carboxylic acids is 1. The van der Waals surface area contributed by atoms with E-state index in [0.29, 0.717) is 5.57 Å². The fourth-order valence-corrected chi connectivity index (χ4v) is 1.34. The number of hydrogen-bond acceptors (Lipinski definition) is 3. The van der Waals surface area contributed by atoms with Crippen LogP contribution in [-0.2, 0) is 9.59 Å². The molecule has 15 heavy (non-hydrogen) atoms. The van der Waals surface area contributed by atoms with Gasteiger partial charge in [0.25, 0.3) is 0 Å². The number of likely N-dealkylation sites (N-methyl/N-ethyl adjacent to an activating group) is 1. The number of rotatable bonds is 6. The molecule has 0 bridgehead atoms. The number of carboxylic acid groups (broad SMARTS) is 1. The molecule has 0 aliphatic heterocycles. The third-order valence-corrected chi connectivity index (χ3v) is 2.10. The Hall–Kier alpha value is -1.36. The molecule has 0 aliphatic rings. The van der Waals surface area contributed by atoms with Gasteiger partial charge in [0.15, 0.2) is 0 Å². The summed E-state index contributed by atoms with van der Waals surface area (Å²) in [4.78, 5) is 23.6. The van der Waals surface area contributed by atoms with Gasteiger partial charge in [-0.15, -0.1) is 0 Å². The standard InChI is InChI=1S/C10H18N2O3/c1-5-8(12(3)4)7(2)10(15)11-6-9(13)14/h8H,2,5-6H2,1,3-4H3,(H,11,15)(H,13,14). The van der Waals surface area contributed by atoms with Crippen LogP contribution < -0.4 is 5.32 Å². The number of carboxylic acids is 1. The van der Waals surface area contributed by atoms with Crippen LogP contribution >= 0.6 is 0 Å². The second kappa shape index (κ2) is 6.19. The van der Waals surface area contributed by atoms with Gasteiger partial charge < -0.3 is 15.3 Å². The zero-order valence-electron chi connectivity index (χ0n) is 9.41. The summed E-state index contributed by atoms with van der Waals surface area (Å²) in [6.45, 7) is 5.25. The van der Waals surface area contributed by atoms with Crippen LogP contribution in [0, 0.1) is 0 Å². The maximum atomic E-state index is 11.5. The summed E-state index contributed by atoms with van der Waals surface area (Å²) in [6, 6.07) is -0.0567. The van der Waals surface area contributed by atoms with Crippen LogP contribution in [0.3, 0.4) is 0 Å². The van der Waals surface area contributed by atoms with Crippen LogP contribution in [0.4, 0.5) is 0 Å². The lowest BCUT2D eigenvalue weighted by atomic mass is 10.0. The van der Waals surface area contributed by atoms with E-state index in [4.69, 9.17) is 5.11 Å². The van der Waals surface area contributed by atoms with Crippen molar-refractivity contribution in [3.8, 4) is 0 Å². The van der Waals surface area contributed by atoms with Crippen molar-refractivity contribution in [3.63, 3.8) is 0 Å². The molecule has 0 aromatic heterocycles. The summed E-state index contributed by atoms with van der Waals surface area (Å²) in [6.07, 6.45) is 0.756. The van der Waals surface area contributed by atoms with Crippen molar-refractivity contribution in [3.05, 3.63) is 12.2 Å². The Bertz CT molecular complexity index is 261. The van der Waals surface area contributed by atoms with Crippen molar-refractivity contribution in [1.82, 2.24) is 10.2 Å². The molecule has 0 aliphatic carbocycles. The van der Waals surface area contributed by atoms with E-state index in [1.165, 1.54) is 0 Å². The molecule has 0 aromatic rings. The molecule has 0 saturated carbocycles. The summed E-state index contributed by atoms with van der Waals surface area (Å²) in [5.74, 6) is -1.47. The van der Waals surface area contributed by atoms with Crippen LogP contribution in [0.15, 0.2) is 12.2 Å². The minimum absolute atomic E-state index is 0.0567.